The Kier molecular flexibility index (Phi) is 5.97. The van der Waals surface area contributed by atoms with Crippen LogP contribution in [0.3, 0.4) is 0 Å². The summed E-state index contributed by atoms with van der Waals surface area (Å²) in [7, 11) is 0. The smallest absolute Gasteiger partial charge is 0.269 e. The fourth-order valence-corrected chi connectivity index (χ4v) is 2.91. The van der Waals surface area contributed by atoms with Crippen molar-refractivity contribution >= 4 is 34.7 Å². The van der Waals surface area contributed by atoms with E-state index in [9.17, 15) is 19.2 Å². The van der Waals surface area contributed by atoms with Crippen LogP contribution in [0.4, 0.5) is 5.69 Å². The zero-order chi connectivity index (χ0) is 19.9. The second kappa shape index (κ2) is 8.78. The molecule has 0 fully saturated rings. The minimum absolute atomic E-state index is 0.215. The lowest BCUT2D eigenvalue weighted by atomic mass is 10.2. The van der Waals surface area contributed by atoms with Crippen molar-refractivity contribution in [2.45, 2.75) is 6.54 Å². The van der Waals surface area contributed by atoms with Crippen molar-refractivity contribution in [2.75, 3.05) is 5.32 Å². The maximum Gasteiger partial charge on any atom is 0.269 e. The van der Waals surface area contributed by atoms with E-state index in [1.165, 1.54) is 40.3 Å². The summed E-state index contributed by atoms with van der Waals surface area (Å²) in [6.07, 6.45) is 1.48. The SMILES string of the molecule is O=C(Cn1ccccc1=O)NNC(=O)c1ccc(NC(=O)c2cccs2)cc1. The molecule has 0 bridgehead atoms. The van der Waals surface area contributed by atoms with E-state index in [4.69, 9.17) is 0 Å². The van der Waals surface area contributed by atoms with Gasteiger partial charge in [-0.25, -0.2) is 0 Å². The first-order chi connectivity index (χ1) is 13.5. The summed E-state index contributed by atoms with van der Waals surface area (Å²) in [4.78, 5) is 48.1. The van der Waals surface area contributed by atoms with Crippen LogP contribution in [0, 0.1) is 0 Å². The molecule has 0 aliphatic carbocycles. The monoisotopic (exact) mass is 396 g/mol. The minimum atomic E-state index is -0.540. The highest BCUT2D eigenvalue weighted by atomic mass is 32.1. The largest absolute Gasteiger partial charge is 0.321 e. The Labute approximate surface area is 163 Å². The molecule has 3 rings (SSSR count). The summed E-state index contributed by atoms with van der Waals surface area (Å²) < 4.78 is 1.21. The number of benzene rings is 1. The molecule has 3 aromatic rings. The van der Waals surface area contributed by atoms with Gasteiger partial charge in [-0.3, -0.25) is 30.0 Å². The molecule has 0 radical (unpaired) electrons. The number of anilines is 1. The van der Waals surface area contributed by atoms with Gasteiger partial charge in [-0.1, -0.05) is 12.1 Å². The summed E-state index contributed by atoms with van der Waals surface area (Å²) in [5.74, 6) is -1.29. The summed E-state index contributed by atoms with van der Waals surface area (Å²) in [6.45, 7) is -0.215. The highest BCUT2D eigenvalue weighted by Gasteiger charge is 2.10. The molecule has 142 valence electrons. The van der Waals surface area contributed by atoms with Crippen LogP contribution in [0.1, 0.15) is 20.0 Å². The molecular weight excluding hydrogens is 380 g/mol. The number of thiophene rings is 1. The highest BCUT2D eigenvalue weighted by Crippen LogP contribution is 2.14. The fourth-order valence-electron chi connectivity index (χ4n) is 2.29. The fraction of sp³-hybridized carbons (Fsp3) is 0.0526. The van der Waals surface area contributed by atoms with Crippen LogP contribution in [0.5, 0.6) is 0 Å². The number of nitrogens with one attached hydrogen (secondary N) is 3. The van der Waals surface area contributed by atoms with Gasteiger partial charge in [0.05, 0.1) is 4.88 Å². The topological polar surface area (TPSA) is 109 Å². The quantitative estimate of drug-likeness (QED) is 0.570. The number of nitrogens with zero attached hydrogens (tertiary/aromatic N) is 1. The Morgan fingerprint density at radius 2 is 1.68 bits per heavy atom. The van der Waals surface area contributed by atoms with Crippen molar-refractivity contribution in [3.8, 4) is 0 Å². The average Bonchev–Trinajstić information content (AvgIpc) is 3.23. The lowest BCUT2D eigenvalue weighted by Gasteiger charge is -2.09. The molecule has 0 unspecified atom stereocenters. The molecule has 8 nitrogen and oxygen atoms in total. The number of hydrogen-bond donors (Lipinski definition) is 3. The van der Waals surface area contributed by atoms with Crippen molar-refractivity contribution in [3.63, 3.8) is 0 Å². The number of pyridine rings is 1. The Bertz CT molecular complexity index is 1040. The number of rotatable bonds is 5. The van der Waals surface area contributed by atoms with Gasteiger partial charge < -0.3 is 9.88 Å². The van der Waals surface area contributed by atoms with E-state index in [1.54, 1.807) is 36.4 Å². The predicted octanol–water partition coefficient (Wildman–Crippen LogP) is 1.62. The van der Waals surface area contributed by atoms with Crippen LogP contribution in [0.15, 0.2) is 71.0 Å². The van der Waals surface area contributed by atoms with Crippen molar-refractivity contribution in [1.82, 2.24) is 15.4 Å². The summed E-state index contributed by atoms with van der Waals surface area (Å²) in [5.41, 5.74) is 5.06. The Morgan fingerprint density at radius 3 is 2.36 bits per heavy atom. The zero-order valence-electron chi connectivity index (χ0n) is 14.5. The molecule has 2 heterocycles. The van der Waals surface area contributed by atoms with Crippen LogP contribution in [-0.4, -0.2) is 22.3 Å². The number of hydrogen-bond acceptors (Lipinski definition) is 5. The van der Waals surface area contributed by atoms with Gasteiger partial charge in [0.25, 0.3) is 23.3 Å². The van der Waals surface area contributed by atoms with Gasteiger partial charge in [0, 0.05) is 23.5 Å². The molecule has 28 heavy (non-hydrogen) atoms. The molecule has 2 aromatic heterocycles. The molecule has 0 atom stereocenters. The van der Waals surface area contributed by atoms with Crippen LogP contribution < -0.4 is 21.7 Å². The number of aromatic nitrogens is 1. The molecule has 0 aliphatic rings. The summed E-state index contributed by atoms with van der Waals surface area (Å²) >= 11 is 1.33. The predicted molar refractivity (Wildman–Crippen MR) is 105 cm³/mol. The standard InChI is InChI=1S/C19H16N4O4S/c24-16(12-23-10-2-1-5-17(23)25)21-22-18(26)13-6-8-14(9-7-13)20-19(27)15-4-3-11-28-15/h1-11H,12H2,(H,20,27)(H,21,24)(H,22,26). The van der Waals surface area contributed by atoms with Gasteiger partial charge in [0.1, 0.15) is 6.54 Å². The molecular formula is C19H16N4O4S. The first-order valence-electron chi connectivity index (χ1n) is 8.22. The number of amides is 3. The van der Waals surface area contributed by atoms with E-state index >= 15 is 0 Å². The van der Waals surface area contributed by atoms with Crippen molar-refractivity contribution in [1.29, 1.82) is 0 Å². The Morgan fingerprint density at radius 1 is 0.893 bits per heavy atom. The molecule has 0 saturated carbocycles. The van der Waals surface area contributed by atoms with Crippen molar-refractivity contribution < 1.29 is 14.4 Å². The number of carbonyl (C=O) groups is 3. The van der Waals surface area contributed by atoms with Gasteiger partial charge in [-0.2, -0.15) is 0 Å². The third-order valence-corrected chi connectivity index (χ3v) is 4.55. The molecule has 0 saturated heterocycles. The minimum Gasteiger partial charge on any atom is -0.321 e. The molecule has 0 spiro atoms. The number of carbonyl (C=O) groups excluding carboxylic acids is 3. The maximum atomic E-state index is 12.1. The van der Waals surface area contributed by atoms with E-state index < -0.39 is 11.8 Å². The first-order valence-corrected chi connectivity index (χ1v) is 9.10. The van der Waals surface area contributed by atoms with Crippen LogP contribution in [0.25, 0.3) is 0 Å². The van der Waals surface area contributed by atoms with E-state index in [1.807, 2.05) is 5.38 Å². The first kappa shape index (κ1) is 19.1. The second-order valence-corrected chi connectivity index (χ2v) is 6.63. The van der Waals surface area contributed by atoms with E-state index in [-0.39, 0.29) is 18.0 Å². The highest BCUT2D eigenvalue weighted by molar-refractivity contribution is 7.12. The molecule has 3 amide bonds. The molecule has 3 N–H and O–H groups in total. The molecule has 0 aliphatic heterocycles. The van der Waals surface area contributed by atoms with E-state index in [2.05, 4.69) is 16.2 Å². The van der Waals surface area contributed by atoms with Gasteiger partial charge >= 0.3 is 0 Å². The summed E-state index contributed by atoms with van der Waals surface area (Å²) in [5, 5.41) is 4.54. The van der Waals surface area contributed by atoms with Gasteiger partial charge in [0.2, 0.25) is 0 Å². The molecule has 9 heteroatoms. The van der Waals surface area contributed by atoms with Gasteiger partial charge in [-0.15, -0.1) is 11.3 Å². The number of hydrazine groups is 1. The van der Waals surface area contributed by atoms with Crippen LogP contribution >= 0.6 is 11.3 Å². The van der Waals surface area contributed by atoms with Gasteiger partial charge in [-0.05, 0) is 41.8 Å². The third kappa shape index (κ3) is 4.92. The van der Waals surface area contributed by atoms with Crippen molar-refractivity contribution in [3.05, 3.63) is 87.0 Å². The van der Waals surface area contributed by atoms with E-state index in [0.717, 1.165) is 0 Å². The maximum absolute atomic E-state index is 12.1. The average molecular weight is 396 g/mol. The Balaban J connectivity index is 1.52. The lowest BCUT2D eigenvalue weighted by Crippen LogP contribution is -2.44. The Hall–Kier alpha value is -3.72. The summed E-state index contributed by atoms with van der Waals surface area (Å²) in [6, 6.07) is 14.3. The van der Waals surface area contributed by atoms with E-state index in [0.29, 0.717) is 16.1 Å². The molecule has 1 aromatic carbocycles. The van der Waals surface area contributed by atoms with Gasteiger partial charge in [0.15, 0.2) is 0 Å². The second-order valence-electron chi connectivity index (χ2n) is 5.68. The third-order valence-electron chi connectivity index (χ3n) is 3.68. The van der Waals surface area contributed by atoms with Crippen LogP contribution in [0.2, 0.25) is 0 Å². The van der Waals surface area contributed by atoms with Crippen molar-refractivity contribution in [2.24, 2.45) is 0 Å². The lowest BCUT2D eigenvalue weighted by molar-refractivity contribution is -0.122. The zero-order valence-corrected chi connectivity index (χ0v) is 15.4. The van der Waals surface area contributed by atoms with Crippen LogP contribution in [-0.2, 0) is 11.3 Å². The normalized spacial score (nSPS) is 10.1.